The highest BCUT2D eigenvalue weighted by Crippen LogP contribution is 2.20. The Morgan fingerprint density at radius 1 is 1.17 bits per heavy atom. The zero-order valence-electron chi connectivity index (χ0n) is 12.7. The van der Waals surface area contributed by atoms with Crippen LogP contribution < -0.4 is 10.6 Å². The van der Waals surface area contributed by atoms with Gasteiger partial charge in [-0.15, -0.1) is 0 Å². The number of thiocarbonyl (C=S) groups is 1. The van der Waals surface area contributed by atoms with E-state index >= 15 is 0 Å². The summed E-state index contributed by atoms with van der Waals surface area (Å²) in [5.41, 5.74) is 3.18. The Morgan fingerprint density at radius 3 is 2.74 bits per heavy atom. The van der Waals surface area contributed by atoms with Crippen molar-refractivity contribution in [1.29, 1.82) is 0 Å². The average Bonchev–Trinajstić information content (AvgIpc) is 2.51. The summed E-state index contributed by atoms with van der Waals surface area (Å²) in [7, 11) is 0. The molecule has 122 valence electrons. The maximum atomic E-state index is 6.10. The third kappa shape index (κ3) is 6.60. The van der Waals surface area contributed by atoms with Crippen LogP contribution in [0.25, 0.3) is 0 Å². The zero-order chi connectivity index (χ0) is 16.7. The second-order valence-electron chi connectivity index (χ2n) is 5.03. The summed E-state index contributed by atoms with van der Waals surface area (Å²) in [5.74, 6) is 1.90. The molecule has 0 heterocycles. The van der Waals surface area contributed by atoms with E-state index < -0.39 is 0 Å². The zero-order valence-corrected chi connectivity index (χ0v) is 15.9. The van der Waals surface area contributed by atoms with Gasteiger partial charge in [-0.25, -0.2) is 0 Å². The lowest BCUT2D eigenvalue weighted by molar-refractivity contribution is 0.990. The fourth-order valence-electron chi connectivity index (χ4n) is 1.90. The van der Waals surface area contributed by atoms with E-state index in [-0.39, 0.29) is 0 Å². The molecule has 2 nitrogen and oxygen atoms in total. The van der Waals surface area contributed by atoms with Crippen LogP contribution in [0.15, 0.2) is 42.5 Å². The maximum absolute atomic E-state index is 6.10. The molecule has 2 N–H and O–H groups in total. The molecule has 0 fully saturated rings. The Labute approximate surface area is 157 Å². The van der Waals surface area contributed by atoms with Gasteiger partial charge < -0.3 is 10.6 Å². The number of hydrogen-bond acceptors (Lipinski definition) is 2. The van der Waals surface area contributed by atoms with Crippen molar-refractivity contribution < 1.29 is 0 Å². The highest BCUT2D eigenvalue weighted by Gasteiger charge is 2.01. The number of aryl methyl sites for hydroxylation is 1. The van der Waals surface area contributed by atoms with Crippen molar-refractivity contribution in [3.8, 4) is 0 Å². The first kappa shape index (κ1) is 18.4. The lowest BCUT2D eigenvalue weighted by Gasteiger charge is -2.11. The first-order valence-corrected chi connectivity index (χ1v) is 9.49. The van der Waals surface area contributed by atoms with Gasteiger partial charge in [0.05, 0.1) is 0 Å². The third-order valence-corrected chi connectivity index (χ3v) is 5.04. The molecule has 6 heteroatoms. The fourth-order valence-corrected chi connectivity index (χ4v) is 3.32. The summed E-state index contributed by atoms with van der Waals surface area (Å²) in [5, 5.41) is 8.45. The Morgan fingerprint density at radius 2 is 2.00 bits per heavy atom. The van der Waals surface area contributed by atoms with Crippen LogP contribution in [-0.4, -0.2) is 17.4 Å². The van der Waals surface area contributed by atoms with Crippen LogP contribution in [0.4, 0.5) is 5.69 Å². The Balaban J connectivity index is 1.65. The normalized spacial score (nSPS) is 10.4. The van der Waals surface area contributed by atoms with Crippen LogP contribution in [0, 0.1) is 6.92 Å². The molecule has 0 aliphatic heterocycles. The van der Waals surface area contributed by atoms with Gasteiger partial charge in [-0.05, 0) is 54.5 Å². The Bertz CT molecular complexity index is 677. The number of halogens is 2. The first-order valence-electron chi connectivity index (χ1n) is 7.18. The minimum atomic E-state index is 0.605. The van der Waals surface area contributed by atoms with Gasteiger partial charge in [0.25, 0.3) is 0 Å². The van der Waals surface area contributed by atoms with Gasteiger partial charge in [-0.3, -0.25) is 0 Å². The van der Waals surface area contributed by atoms with E-state index in [4.69, 9.17) is 35.4 Å². The van der Waals surface area contributed by atoms with Crippen molar-refractivity contribution >= 4 is 58.0 Å². The second kappa shape index (κ2) is 9.38. The predicted octanol–water partition coefficient (Wildman–Crippen LogP) is 5.52. The van der Waals surface area contributed by atoms with E-state index in [2.05, 4.69) is 16.7 Å². The van der Waals surface area contributed by atoms with Crippen LogP contribution in [-0.2, 0) is 5.75 Å². The molecular weight excluding hydrogens is 367 g/mol. The summed E-state index contributed by atoms with van der Waals surface area (Å²) in [4.78, 5) is 0. The van der Waals surface area contributed by atoms with Crippen LogP contribution in [0.5, 0.6) is 0 Å². The first-order chi connectivity index (χ1) is 11.0. The minimum absolute atomic E-state index is 0.605. The molecule has 23 heavy (non-hydrogen) atoms. The second-order valence-corrected chi connectivity index (χ2v) is 7.38. The number of anilines is 1. The van der Waals surface area contributed by atoms with Gasteiger partial charge in [-0.2, -0.15) is 11.8 Å². The van der Waals surface area contributed by atoms with E-state index in [1.165, 1.54) is 5.56 Å². The number of thioether (sulfide) groups is 1. The van der Waals surface area contributed by atoms with Crippen LogP contribution in [0.2, 0.25) is 10.0 Å². The summed E-state index contributed by atoms with van der Waals surface area (Å²) >= 11 is 19.2. The smallest absolute Gasteiger partial charge is 0.170 e. The molecule has 0 aliphatic carbocycles. The molecule has 2 rings (SSSR count). The maximum Gasteiger partial charge on any atom is 0.170 e. The third-order valence-electron chi connectivity index (χ3n) is 3.12. The molecule has 0 bridgehead atoms. The van der Waals surface area contributed by atoms with Gasteiger partial charge in [0.2, 0.25) is 0 Å². The Kier molecular flexibility index (Phi) is 7.50. The van der Waals surface area contributed by atoms with E-state index in [1.54, 1.807) is 0 Å². The van der Waals surface area contributed by atoms with Crippen molar-refractivity contribution in [3.63, 3.8) is 0 Å². The van der Waals surface area contributed by atoms with Crippen LogP contribution in [0.1, 0.15) is 11.1 Å². The average molecular weight is 385 g/mol. The molecule has 0 spiro atoms. The van der Waals surface area contributed by atoms with Crippen molar-refractivity contribution in [1.82, 2.24) is 5.32 Å². The minimum Gasteiger partial charge on any atom is -0.362 e. The van der Waals surface area contributed by atoms with Crippen molar-refractivity contribution in [2.24, 2.45) is 0 Å². The van der Waals surface area contributed by atoms with E-state index in [0.29, 0.717) is 5.11 Å². The SMILES string of the molecule is Cc1ccc(NC(=S)NCCSCc2cccc(Cl)c2)cc1Cl. The molecule has 2 aromatic rings. The summed E-state index contributed by atoms with van der Waals surface area (Å²) < 4.78 is 0. The van der Waals surface area contributed by atoms with E-state index in [1.807, 2.05) is 55.1 Å². The molecular formula is C17H18Cl2N2S2. The lowest BCUT2D eigenvalue weighted by Crippen LogP contribution is -2.30. The van der Waals surface area contributed by atoms with Gasteiger partial charge in [0.15, 0.2) is 5.11 Å². The molecule has 0 saturated carbocycles. The monoisotopic (exact) mass is 384 g/mol. The fraction of sp³-hybridized carbons (Fsp3) is 0.235. The number of rotatable bonds is 6. The molecule has 0 unspecified atom stereocenters. The summed E-state index contributed by atoms with van der Waals surface area (Å²) in [6.07, 6.45) is 0. The largest absolute Gasteiger partial charge is 0.362 e. The molecule has 0 saturated heterocycles. The number of benzene rings is 2. The van der Waals surface area contributed by atoms with Crippen molar-refractivity contribution in [3.05, 3.63) is 63.6 Å². The van der Waals surface area contributed by atoms with Crippen LogP contribution >= 0.6 is 47.2 Å². The lowest BCUT2D eigenvalue weighted by atomic mass is 10.2. The molecule has 0 radical (unpaired) electrons. The van der Waals surface area contributed by atoms with Gasteiger partial charge in [0.1, 0.15) is 0 Å². The number of hydrogen-bond donors (Lipinski definition) is 2. The molecule has 0 aromatic heterocycles. The Hall–Kier alpha value is -0.940. The van der Waals surface area contributed by atoms with E-state index in [0.717, 1.165) is 39.3 Å². The number of nitrogens with one attached hydrogen (secondary N) is 2. The molecule has 2 aromatic carbocycles. The standard InChI is InChI=1S/C17H18Cl2N2S2/c1-12-5-6-15(10-16(12)19)21-17(22)20-7-8-23-11-13-3-2-4-14(18)9-13/h2-6,9-10H,7-8,11H2,1H3,(H2,20,21,22). The van der Waals surface area contributed by atoms with Gasteiger partial charge in [-0.1, -0.05) is 41.4 Å². The van der Waals surface area contributed by atoms with Crippen molar-refractivity contribution in [2.75, 3.05) is 17.6 Å². The van der Waals surface area contributed by atoms with Crippen molar-refractivity contribution in [2.45, 2.75) is 12.7 Å². The summed E-state index contributed by atoms with van der Waals surface area (Å²) in [6.45, 7) is 2.77. The molecule has 0 atom stereocenters. The van der Waals surface area contributed by atoms with Gasteiger partial charge in [0, 0.05) is 33.8 Å². The van der Waals surface area contributed by atoms with Crippen LogP contribution in [0.3, 0.4) is 0 Å². The quantitative estimate of drug-likeness (QED) is 0.505. The highest BCUT2D eigenvalue weighted by atomic mass is 35.5. The predicted molar refractivity (Wildman–Crippen MR) is 108 cm³/mol. The summed E-state index contributed by atoms with van der Waals surface area (Å²) in [6, 6.07) is 13.7. The molecule has 0 aliphatic rings. The van der Waals surface area contributed by atoms with Gasteiger partial charge >= 0.3 is 0 Å². The highest BCUT2D eigenvalue weighted by molar-refractivity contribution is 7.98. The topological polar surface area (TPSA) is 24.1 Å². The molecule has 0 amide bonds. The van der Waals surface area contributed by atoms with E-state index in [9.17, 15) is 0 Å².